The third-order valence-electron chi connectivity index (χ3n) is 9.51. The highest BCUT2D eigenvalue weighted by Crippen LogP contribution is 2.68. The molecule has 0 heterocycles. The highest BCUT2D eigenvalue weighted by molar-refractivity contribution is 5.17. The van der Waals surface area contributed by atoms with Gasteiger partial charge in [0, 0.05) is 5.41 Å². The maximum atomic E-state index is 11.3. The number of aliphatic hydroxyl groups is 5. The van der Waals surface area contributed by atoms with Crippen molar-refractivity contribution >= 4 is 0 Å². The Morgan fingerprint density at radius 3 is 2.46 bits per heavy atom. The van der Waals surface area contributed by atoms with Crippen molar-refractivity contribution in [1.29, 1.82) is 0 Å². The molecule has 150 valence electrons. The molecule has 10 atom stereocenters. The van der Waals surface area contributed by atoms with E-state index in [1.54, 1.807) is 0 Å². The molecule has 5 heteroatoms. The van der Waals surface area contributed by atoms with Crippen molar-refractivity contribution < 1.29 is 25.5 Å². The van der Waals surface area contributed by atoms with Crippen molar-refractivity contribution in [2.75, 3.05) is 6.61 Å². The summed E-state index contributed by atoms with van der Waals surface area (Å²) < 4.78 is 0. The van der Waals surface area contributed by atoms with E-state index in [2.05, 4.69) is 6.92 Å². The second-order valence-electron chi connectivity index (χ2n) is 10.4. The molecular formula is C21H36O5. The van der Waals surface area contributed by atoms with Gasteiger partial charge in [-0.2, -0.15) is 0 Å². The van der Waals surface area contributed by atoms with E-state index in [4.69, 9.17) is 0 Å². The Balaban J connectivity index is 1.68. The van der Waals surface area contributed by atoms with Gasteiger partial charge >= 0.3 is 0 Å². The molecule has 4 rings (SSSR count). The van der Waals surface area contributed by atoms with E-state index in [9.17, 15) is 25.5 Å². The predicted octanol–water partition coefficient (Wildman–Crippen LogP) is 1.45. The molecule has 0 radical (unpaired) electrons. The van der Waals surface area contributed by atoms with Gasteiger partial charge in [0.15, 0.2) is 0 Å². The fourth-order valence-electron chi connectivity index (χ4n) is 8.10. The molecule has 0 aromatic heterocycles. The average molecular weight is 369 g/mol. The van der Waals surface area contributed by atoms with E-state index in [0.717, 1.165) is 38.5 Å². The van der Waals surface area contributed by atoms with Gasteiger partial charge in [-0.1, -0.05) is 13.8 Å². The van der Waals surface area contributed by atoms with E-state index in [-0.39, 0.29) is 23.4 Å². The third-order valence-corrected chi connectivity index (χ3v) is 9.51. The normalized spacial score (nSPS) is 57.8. The summed E-state index contributed by atoms with van der Waals surface area (Å²) in [5.41, 5.74) is -1.83. The minimum atomic E-state index is -1.32. The average Bonchev–Trinajstić information content (AvgIpc) is 2.86. The van der Waals surface area contributed by atoms with Gasteiger partial charge in [-0.15, -0.1) is 0 Å². The van der Waals surface area contributed by atoms with Crippen LogP contribution >= 0.6 is 0 Å². The summed E-state index contributed by atoms with van der Waals surface area (Å²) in [6.45, 7) is 3.89. The maximum absolute atomic E-state index is 11.3. The topological polar surface area (TPSA) is 101 Å². The Labute approximate surface area is 156 Å². The lowest BCUT2D eigenvalue weighted by Gasteiger charge is -2.63. The molecular weight excluding hydrogens is 332 g/mol. The van der Waals surface area contributed by atoms with E-state index >= 15 is 0 Å². The van der Waals surface area contributed by atoms with Crippen LogP contribution < -0.4 is 0 Å². The fraction of sp³-hybridized carbons (Fsp3) is 1.00. The van der Waals surface area contributed by atoms with Crippen LogP contribution in [0, 0.1) is 34.5 Å². The van der Waals surface area contributed by atoms with Crippen LogP contribution in [0.15, 0.2) is 0 Å². The zero-order valence-electron chi connectivity index (χ0n) is 16.1. The van der Waals surface area contributed by atoms with Crippen LogP contribution in [-0.2, 0) is 0 Å². The van der Waals surface area contributed by atoms with Crippen LogP contribution in [0.5, 0.6) is 0 Å². The van der Waals surface area contributed by atoms with Gasteiger partial charge in [-0.25, -0.2) is 0 Å². The fourth-order valence-corrected chi connectivity index (χ4v) is 8.10. The minimum absolute atomic E-state index is 0.0548. The molecule has 4 aliphatic carbocycles. The first-order valence-electron chi connectivity index (χ1n) is 10.5. The van der Waals surface area contributed by atoms with Crippen LogP contribution in [0.4, 0.5) is 0 Å². The Morgan fingerprint density at radius 2 is 1.77 bits per heavy atom. The molecule has 0 spiro atoms. The Hall–Kier alpha value is -0.200. The second-order valence-corrected chi connectivity index (χ2v) is 10.4. The van der Waals surface area contributed by atoms with Crippen molar-refractivity contribution in [1.82, 2.24) is 0 Å². The van der Waals surface area contributed by atoms with Gasteiger partial charge in [-0.05, 0) is 80.5 Å². The lowest BCUT2D eigenvalue weighted by molar-refractivity contribution is -0.224. The van der Waals surface area contributed by atoms with Crippen molar-refractivity contribution in [3.8, 4) is 0 Å². The van der Waals surface area contributed by atoms with Gasteiger partial charge in [0.05, 0.1) is 24.4 Å². The van der Waals surface area contributed by atoms with Crippen LogP contribution in [-0.4, -0.2) is 56.1 Å². The summed E-state index contributed by atoms with van der Waals surface area (Å²) in [6, 6.07) is 0. The first-order valence-corrected chi connectivity index (χ1v) is 10.5. The zero-order valence-corrected chi connectivity index (χ0v) is 16.1. The van der Waals surface area contributed by atoms with Crippen LogP contribution in [0.25, 0.3) is 0 Å². The molecule has 4 aliphatic rings. The number of rotatable bonds is 2. The van der Waals surface area contributed by atoms with Gasteiger partial charge in [-0.3, -0.25) is 0 Å². The molecule has 0 aromatic rings. The largest absolute Gasteiger partial charge is 0.394 e. The number of fused-ring (bicyclic) bond motifs is 5. The molecule has 0 unspecified atom stereocenters. The minimum Gasteiger partial charge on any atom is -0.394 e. The first-order chi connectivity index (χ1) is 12.2. The third kappa shape index (κ3) is 2.33. The smallest absolute Gasteiger partial charge is 0.106 e. The SMILES string of the molecule is C[C@]12CC[C@@H](O)C[C@@H]1CC[C@@H]1[C@@H]2[C@@H](O)C[C@@]2(C)[C@H]1CC[C@]2(O)[C@@H](O)CO. The number of hydrogen-bond donors (Lipinski definition) is 5. The lowest BCUT2D eigenvalue weighted by atomic mass is 9.43. The summed E-state index contributed by atoms with van der Waals surface area (Å²) >= 11 is 0. The van der Waals surface area contributed by atoms with Crippen LogP contribution in [0.1, 0.15) is 65.2 Å². The summed E-state index contributed by atoms with van der Waals surface area (Å²) in [7, 11) is 0. The second kappa shape index (κ2) is 6.15. The van der Waals surface area contributed by atoms with E-state index < -0.39 is 29.8 Å². The summed E-state index contributed by atoms with van der Waals surface area (Å²) in [5, 5.41) is 52.5. The zero-order chi connectivity index (χ0) is 18.9. The Kier molecular flexibility index (Phi) is 4.52. The van der Waals surface area contributed by atoms with Crippen LogP contribution in [0.3, 0.4) is 0 Å². The molecule has 26 heavy (non-hydrogen) atoms. The molecule has 4 fully saturated rings. The predicted molar refractivity (Wildman–Crippen MR) is 97.2 cm³/mol. The van der Waals surface area contributed by atoms with Crippen molar-refractivity contribution in [3.63, 3.8) is 0 Å². The van der Waals surface area contributed by atoms with E-state index in [1.165, 1.54) is 0 Å². The van der Waals surface area contributed by atoms with Crippen molar-refractivity contribution in [2.45, 2.75) is 89.1 Å². The van der Waals surface area contributed by atoms with Crippen LogP contribution in [0.2, 0.25) is 0 Å². The van der Waals surface area contributed by atoms with Gasteiger partial charge in [0.2, 0.25) is 0 Å². The van der Waals surface area contributed by atoms with Crippen molar-refractivity contribution in [2.24, 2.45) is 34.5 Å². The monoisotopic (exact) mass is 368 g/mol. The Morgan fingerprint density at radius 1 is 1.04 bits per heavy atom. The number of hydrogen-bond acceptors (Lipinski definition) is 5. The van der Waals surface area contributed by atoms with E-state index in [0.29, 0.717) is 24.7 Å². The molecule has 4 saturated carbocycles. The lowest BCUT2D eigenvalue weighted by Crippen LogP contribution is -2.64. The standard InChI is InChI=1S/C21H36O5/c1-19-7-5-13(23)9-12(19)3-4-14-15-6-8-21(26,17(25)11-22)20(15,2)10-16(24)18(14)19/h12-18,22-26H,3-11H2,1-2H3/t12-,13+,14-,15-,16-,17-,18+,19-,20-,21-/m0/s1. The molecule has 0 amide bonds. The molecule has 5 N–H and O–H groups in total. The van der Waals surface area contributed by atoms with Crippen molar-refractivity contribution in [3.05, 3.63) is 0 Å². The Bertz CT molecular complexity index is 555. The highest BCUT2D eigenvalue weighted by Gasteiger charge is 2.68. The summed E-state index contributed by atoms with van der Waals surface area (Å²) in [4.78, 5) is 0. The summed E-state index contributed by atoms with van der Waals surface area (Å²) in [5.74, 6) is 1.29. The van der Waals surface area contributed by atoms with Gasteiger partial charge in [0.25, 0.3) is 0 Å². The molecule has 5 nitrogen and oxygen atoms in total. The summed E-state index contributed by atoms with van der Waals surface area (Å²) in [6.07, 6.45) is 4.70. The highest BCUT2D eigenvalue weighted by atomic mass is 16.4. The molecule has 0 saturated heterocycles. The quantitative estimate of drug-likeness (QED) is 0.508. The van der Waals surface area contributed by atoms with E-state index in [1.807, 2.05) is 6.92 Å². The molecule has 0 aromatic carbocycles. The molecule has 0 aliphatic heterocycles. The number of aliphatic hydroxyl groups excluding tert-OH is 4. The van der Waals surface area contributed by atoms with Gasteiger partial charge in [0.1, 0.15) is 6.10 Å². The first kappa shape index (κ1) is 19.1. The maximum Gasteiger partial charge on any atom is 0.106 e. The molecule has 0 bridgehead atoms. The van der Waals surface area contributed by atoms with Gasteiger partial charge < -0.3 is 25.5 Å².